The first-order valence-corrected chi connectivity index (χ1v) is 6.52. The van der Waals surface area contributed by atoms with Crippen LogP contribution < -0.4 is 4.74 Å². The normalized spacial score (nSPS) is 11.8. The molecule has 20 heavy (non-hydrogen) atoms. The van der Waals surface area contributed by atoms with E-state index in [4.69, 9.17) is 4.74 Å². The van der Waals surface area contributed by atoms with Gasteiger partial charge in [0.15, 0.2) is 0 Å². The molecule has 2 heterocycles. The van der Waals surface area contributed by atoms with E-state index in [1.165, 1.54) is 11.1 Å². The fourth-order valence-corrected chi connectivity index (χ4v) is 2.30. The minimum atomic E-state index is 0.869. The number of fused-ring (bicyclic) bond motifs is 1. The van der Waals surface area contributed by atoms with Gasteiger partial charge in [0, 0.05) is 35.1 Å². The number of allylic oxidation sites excluding steroid dienone is 1. The largest absolute Gasteiger partial charge is 0.497 e. The molecule has 2 aromatic heterocycles. The van der Waals surface area contributed by atoms with Crippen LogP contribution in [0.1, 0.15) is 18.1 Å². The van der Waals surface area contributed by atoms with E-state index in [1.807, 2.05) is 42.9 Å². The molecular weight excluding hydrogens is 248 g/mol. The minimum Gasteiger partial charge on any atom is -0.497 e. The van der Waals surface area contributed by atoms with Gasteiger partial charge in [-0.2, -0.15) is 0 Å². The number of rotatable bonds is 3. The first-order valence-electron chi connectivity index (χ1n) is 6.52. The molecule has 100 valence electrons. The van der Waals surface area contributed by atoms with Crippen LogP contribution >= 0.6 is 0 Å². The van der Waals surface area contributed by atoms with Gasteiger partial charge in [0.05, 0.1) is 7.11 Å². The summed E-state index contributed by atoms with van der Waals surface area (Å²) < 4.78 is 5.29. The summed E-state index contributed by atoms with van der Waals surface area (Å²) in [5.41, 5.74) is 4.65. The highest BCUT2D eigenvalue weighted by Gasteiger charge is 2.04. The van der Waals surface area contributed by atoms with Crippen molar-refractivity contribution in [1.82, 2.24) is 9.97 Å². The molecule has 0 saturated heterocycles. The van der Waals surface area contributed by atoms with Gasteiger partial charge in [-0.3, -0.25) is 4.98 Å². The number of hydrogen-bond acceptors (Lipinski definition) is 2. The molecule has 0 unspecified atom stereocenters. The Bertz CT molecular complexity index is 757. The molecule has 3 heteroatoms. The van der Waals surface area contributed by atoms with Gasteiger partial charge in [-0.05, 0) is 54.5 Å². The molecule has 0 saturated carbocycles. The zero-order chi connectivity index (χ0) is 13.9. The first-order chi connectivity index (χ1) is 9.78. The van der Waals surface area contributed by atoms with E-state index in [9.17, 15) is 0 Å². The number of nitrogens with one attached hydrogen (secondary N) is 1. The Hall–Kier alpha value is -2.55. The first kappa shape index (κ1) is 12.5. The van der Waals surface area contributed by atoms with E-state index in [0.717, 1.165) is 22.2 Å². The number of benzene rings is 1. The van der Waals surface area contributed by atoms with E-state index >= 15 is 0 Å². The van der Waals surface area contributed by atoms with E-state index in [-0.39, 0.29) is 0 Å². The van der Waals surface area contributed by atoms with Crippen LogP contribution in [0.3, 0.4) is 0 Å². The van der Waals surface area contributed by atoms with Gasteiger partial charge in [0.2, 0.25) is 0 Å². The SMILES string of the molecule is COc1ccc2[nH]cc(C=C(C)c3ccncc3)c2c1. The summed E-state index contributed by atoms with van der Waals surface area (Å²) in [7, 11) is 1.69. The second-order valence-corrected chi connectivity index (χ2v) is 4.72. The quantitative estimate of drug-likeness (QED) is 0.772. The topological polar surface area (TPSA) is 37.9 Å². The van der Waals surface area contributed by atoms with Crippen LogP contribution in [0.4, 0.5) is 0 Å². The predicted octanol–water partition coefficient (Wildman–Crippen LogP) is 4.13. The molecule has 3 rings (SSSR count). The van der Waals surface area contributed by atoms with E-state index in [1.54, 1.807) is 7.11 Å². The Kier molecular flexibility index (Phi) is 3.25. The van der Waals surface area contributed by atoms with Crippen LogP contribution in [0.2, 0.25) is 0 Å². The van der Waals surface area contributed by atoms with Gasteiger partial charge in [-0.15, -0.1) is 0 Å². The van der Waals surface area contributed by atoms with E-state index in [2.05, 4.69) is 29.0 Å². The zero-order valence-electron chi connectivity index (χ0n) is 11.6. The molecule has 1 aromatic carbocycles. The summed E-state index contributed by atoms with van der Waals surface area (Å²) >= 11 is 0. The van der Waals surface area contributed by atoms with E-state index in [0.29, 0.717) is 0 Å². The van der Waals surface area contributed by atoms with Gasteiger partial charge >= 0.3 is 0 Å². The molecular formula is C17H16N2O. The maximum atomic E-state index is 5.29. The summed E-state index contributed by atoms with van der Waals surface area (Å²) in [4.78, 5) is 7.33. The van der Waals surface area contributed by atoms with Crippen molar-refractivity contribution in [2.75, 3.05) is 7.11 Å². The number of H-pyrrole nitrogens is 1. The third kappa shape index (κ3) is 2.30. The molecule has 0 atom stereocenters. The third-order valence-electron chi connectivity index (χ3n) is 3.43. The average Bonchev–Trinajstić information content (AvgIpc) is 2.90. The minimum absolute atomic E-state index is 0.869. The standard InChI is InChI=1S/C17H16N2O/c1-12(13-5-7-18-8-6-13)9-14-11-19-17-4-3-15(20-2)10-16(14)17/h3-11,19H,1-2H3. The highest BCUT2D eigenvalue weighted by Crippen LogP contribution is 2.26. The highest BCUT2D eigenvalue weighted by molar-refractivity contribution is 5.94. The van der Waals surface area contributed by atoms with Crippen LogP contribution in [-0.4, -0.2) is 17.1 Å². The van der Waals surface area contributed by atoms with Crippen LogP contribution in [0.15, 0.2) is 48.9 Å². The number of methoxy groups -OCH3 is 1. The lowest BCUT2D eigenvalue weighted by Crippen LogP contribution is -1.82. The fraction of sp³-hybridized carbons (Fsp3) is 0.118. The second kappa shape index (κ2) is 5.21. The van der Waals surface area contributed by atoms with Gasteiger partial charge in [0.1, 0.15) is 5.75 Å². The summed E-state index contributed by atoms with van der Waals surface area (Å²) in [6.45, 7) is 2.11. The van der Waals surface area contributed by atoms with Crippen molar-refractivity contribution in [2.24, 2.45) is 0 Å². The number of pyridine rings is 1. The van der Waals surface area contributed by atoms with Gasteiger partial charge in [0.25, 0.3) is 0 Å². The highest BCUT2D eigenvalue weighted by atomic mass is 16.5. The number of ether oxygens (including phenoxy) is 1. The Morgan fingerprint density at radius 2 is 2.00 bits per heavy atom. The molecule has 0 radical (unpaired) electrons. The van der Waals surface area contributed by atoms with Crippen molar-refractivity contribution in [3.63, 3.8) is 0 Å². The van der Waals surface area contributed by atoms with Gasteiger partial charge < -0.3 is 9.72 Å². The third-order valence-corrected chi connectivity index (χ3v) is 3.43. The number of aromatic nitrogens is 2. The number of aromatic amines is 1. The summed E-state index contributed by atoms with van der Waals surface area (Å²) in [6, 6.07) is 10.1. The molecule has 1 N–H and O–H groups in total. The van der Waals surface area contributed by atoms with Crippen LogP contribution in [0.25, 0.3) is 22.6 Å². The maximum absolute atomic E-state index is 5.29. The molecule has 3 aromatic rings. The number of hydrogen-bond donors (Lipinski definition) is 1. The average molecular weight is 264 g/mol. The summed E-state index contributed by atoms with van der Waals surface area (Å²) in [5.74, 6) is 0.869. The Labute approximate surface area is 117 Å². The molecule has 3 nitrogen and oxygen atoms in total. The molecule has 0 aliphatic rings. The fourth-order valence-electron chi connectivity index (χ4n) is 2.30. The molecule has 0 aliphatic heterocycles. The van der Waals surface area contributed by atoms with Crippen molar-refractivity contribution in [2.45, 2.75) is 6.92 Å². The summed E-state index contributed by atoms with van der Waals surface area (Å²) in [6.07, 6.45) is 7.82. The Morgan fingerprint density at radius 3 is 2.75 bits per heavy atom. The van der Waals surface area contributed by atoms with Crippen molar-refractivity contribution in [3.05, 3.63) is 60.0 Å². The molecule has 0 aliphatic carbocycles. The number of nitrogens with zero attached hydrogens (tertiary/aromatic N) is 1. The lowest BCUT2D eigenvalue weighted by molar-refractivity contribution is 0.415. The van der Waals surface area contributed by atoms with Crippen molar-refractivity contribution in [3.8, 4) is 5.75 Å². The van der Waals surface area contributed by atoms with Crippen molar-refractivity contribution < 1.29 is 4.74 Å². The predicted molar refractivity (Wildman–Crippen MR) is 82.6 cm³/mol. The summed E-state index contributed by atoms with van der Waals surface area (Å²) in [5, 5.41) is 1.16. The van der Waals surface area contributed by atoms with Crippen LogP contribution in [0.5, 0.6) is 5.75 Å². The molecule has 0 fully saturated rings. The lowest BCUT2D eigenvalue weighted by Gasteiger charge is -2.02. The zero-order valence-corrected chi connectivity index (χ0v) is 11.6. The second-order valence-electron chi connectivity index (χ2n) is 4.72. The molecule has 0 bridgehead atoms. The maximum Gasteiger partial charge on any atom is 0.119 e. The van der Waals surface area contributed by atoms with Crippen LogP contribution in [0, 0.1) is 0 Å². The van der Waals surface area contributed by atoms with Gasteiger partial charge in [-0.1, -0.05) is 0 Å². The smallest absolute Gasteiger partial charge is 0.119 e. The Morgan fingerprint density at radius 1 is 1.20 bits per heavy atom. The molecule has 0 spiro atoms. The van der Waals surface area contributed by atoms with Crippen LogP contribution in [-0.2, 0) is 0 Å². The van der Waals surface area contributed by atoms with E-state index < -0.39 is 0 Å². The lowest BCUT2D eigenvalue weighted by atomic mass is 10.1. The Balaban J connectivity index is 2.06. The van der Waals surface area contributed by atoms with Crippen molar-refractivity contribution >= 4 is 22.6 Å². The van der Waals surface area contributed by atoms with Crippen molar-refractivity contribution in [1.29, 1.82) is 0 Å². The molecule has 0 amide bonds. The van der Waals surface area contributed by atoms with Gasteiger partial charge in [-0.25, -0.2) is 0 Å². The monoisotopic (exact) mass is 264 g/mol.